The lowest BCUT2D eigenvalue weighted by Gasteiger charge is -2.33. The fraction of sp³-hybridized carbons (Fsp3) is 0.444. The van der Waals surface area contributed by atoms with Gasteiger partial charge in [0.2, 0.25) is 10.0 Å². The number of nitrogens with zero attached hydrogens (tertiary/aromatic N) is 3. The molecule has 1 aromatic carbocycles. The third-order valence-electron chi connectivity index (χ3n) is 5.32. The zero-order valence-corrected chi connectivity index (χ0v) is 15.5. The Labute approximate surface area is 152 Å². The van der Waals surface area contributed by atoms with Gasteiger partial charge in [-0.25, -0.2) is 13.1 Å². The first-order chi connectivity index (χ1) is 12.4. The highest BCUT2D eigenvalue weighted by atomic mass is 32.2. The number of carbonyl (C=O) groups is 1. The van der Waals surface area contributed by atoms with Crippen molar-refractivity contribution in [2.75, 3.05) is 22.8 Å². The Bertz CT molecular complexity index is 980. The number of hydrogen-bond acceptors (Lipinski definition) is 5. The van der Waals surface area contributed by atoms with Crippen LogP contribution in [0.25, 0.3) is 0 Å². The van der Waals surface area contributed by atoms with E-state index in [4.69, 9.17) is 5.73 Å². The molecule has 1 aliphatic carbocycles. The molecule has 0 amide bonds. The van der Waals surface area contributed by atoms with E-state index in [2.05, 4.69) is 5.10 Å². The molecule has 2 N–H and O–H groups in total. The molecule has 8 heteroatoms. The van der Waals surface area contributed by atoms with Gasteiger partial charge in [0.05, 0.1) is 23.6 Å². The molecule has 2 heterocycles. The topological polar surface area (TPSA) is 98.3 Å². The van der Waals surface area contributed by atoms with Gasteiger partial charge in [-0.2, -0.15) is 0 Å². The molecule has 26 heavy (non-hydrogen) atoms. The summed E-state index contributed by atoms with van der Waals surface area (Å²) in [5.74, 6) is -0.107. The molecule has 7 nitrogen and oxygen atoms in total. The smallest absolute Gasteiger partial charge is 0.254 e. The van der Waals surface area contributed by atoms with Crippen LogP contribution in [0.15, 0.2) is 24.3 Å². The molecule has 4 rings (SSSR count). The van der Waals surface area contributed by atoms with Crippen LogP contribution in [0.1, 0.15) is 46.8 Å². The second-order valence-electron chi connectivity index (χ2n) is 7.00. The average Bonchev–Trinajstić information content (AvgIpc) is 2.96. The summed E-state index contributed by atoms with van der Waals surface area (Å²) >= 11 is 0. The van der Waals surface area contributed by atoms with Crippen LogP contribution in [0, 0.1) is 0 Å². The van der Waals surface area contributed by atoms with Crippen molar-refractivity contribution in [3.05, 3.63) is 41.1 Å². The molecule has 2 aromatic rings. The number of aromatic nitrogens is 2. The standard InChI is InChI=1S/C18H22N4O3S/c1-26(24,25)21-11-10-13(12-6-2-4-8-15(12)21)18(23)22-16-9-5-3-7-14(16)17(19)20-22/h2,4,6,8,13H,3,5,7,9-11H2,1H3,(H2,19,20). The predicted octanol–water partition coefficient (Wildman–Crippen LogP) is 1.94. The van der Waals surface area contributed by atoms with Gasteiger partial charge in [0, 0.05) is 12.1 Å². The van der Waals surface area contributed by atoms with E-state index in [-0.39, 0.29) is 12.5 Å². The van der Waals surface area contributed by atoms with Gasteiger partial charge in [-0.3, -0.25) is 9.10 Å². The number of hydrogen-bond donors (Lipinski definition) is 1. The summed E-state index contributed by atoms with van der Waals surface area (Å²) in [6, 6.07) is 7.20. The first-order valence-corrected chi connectivity index (χ1v) is 10.7. The number of para-hydroxylation sites is 1. The molecule has 1 unspecified atom stereocenters. The quantitative estimate of drug-likeness (QED) is 0.866. The second kappa shape index (κ2) is 6.12. The zero-order valence-electron chi connectivity index (χ0n) is 14.7. The van der Waals surface area contributed by atoms with Gasteiger partial charge in [0.15, 0.2) is 0 Å². The summed E-state index contributed by atoms with van der Waals surface area (Å²) in [4.78, 5) is 13.3. The normalized spacial score (nSPS) is 19.7. The number of sulfonamides is 1. The third kappa shape index (κ3) is 2.68. The van der Waals surface area contributed by atoms with Gasteiger partial charge >= 0.3 is 0 Å². The summed E-state index contributed by atoms with van der Waals surface area (Å²) in [6.45, 7) is 0.283. The molecular formula is C18H22N4O3S. The highest BCUT2D eigenvalue weighted by Gasteiger charge is 2.35. The number of nitrogen functional groups attached to an aromatic ring is 1. The molecule has 1 aromatic heterocycles. The van der Waals surface area contributed by atoms with Gasteiger partial charge < -0.3 is 5.73 Å². The number of carbonyl (C=O) groups excluding carboxylic acids is 1. The van der Waals surface area contributed by atoms with Crippen molar-refractivity contribution >= 4 is 27.4 Å². The van der Waals surface area contributed by atoms with Gasteiger partial charge in [0.1, 0.15) is 5.82 Å². The summed E-state index contributed by atoms with van der Waals surface area (Å²) in [5, 5.41) is 4.32. The van der Waals surface area contributed by atoms with Crippen LogP contribution >= 0.6 is 0 Å². The summed E-state index contributed by atoms with van der Waals surface area (Å²) in [6.07, 6.45) is 5.36. The minimum Gasteiger partial charge on any atom is -0.382 e. The lowest BCUT2D eigenvalue weighted by Crippen LogP contribution is -2.38. The number of nitrogens with two attached hydrogens (primary N) is 1. The molecule has 0 spiro atoms. The lowest BCUT2D eigenvalue weighted by molar-refractivity contribution is 0.0851. The van der Waals surface area contributed by atoms with Crippen LogP contribution in [0.3, 0.4) is 0 Å². The maximum atomic E-state index is 13.3. The Kier molecular flexibility index (Phi) is 4.02. The molecule has 0 radical (unpaired) electrons. The highest BCUT2D eigenvalue weighted by Crippen LogP contribution is 2.38. The average molecular weight is 374 g/mol. The first kappa shape index (κ1) is 17.1. The molecule has 0 fully saturated rings. The van der Waals surface area contributed by atoms with Crippen molar-refractivity contribution in [3.63, 3.8) is 0 Å². The van der Waals surface area contributed by atoms with E-state index in [1.165, 1.54) is 15.2 Å². The van der Waals surface area contributed by atoms with E-state index < -0.39 is 15.9 Å². The maximum Gasteiger partial charge on any atom is 0.254 e. The Morgan fingerprint density at radius 1 is 1.23 bits per heavy atom. The zero-order chi connectivity index (χ0) is 18.5. The summed E-state index contributed by atoms with van der Waals surface area (Å²) in [7, 11) is -3.38. The van der Waals surface area contributed by atoms with Crippen LogP contribution in [0.2, 0.25) is 0 Å². The molecule has 0 saturated carbocycles. The highest BCUT2D eigenvalue weighted by molar-refractivity contribution is 7.92. The molecule has 0 bridgehead atoms. The van der Waals surface area contributed by atoms with Crippen LogP contribution in [-0.2, 0) is 22.9 Å². The minimum absolute atomic E-state index is 0.125. The third-order valence-corrected chi connectivity index (χ3v) is 6.50. The SMILES string of the molecule is CS(=O)(=O)N1CCC(C(=O)n2nc(N)c3c2CCCC3)c2ccccc21. The predicted molar refractivity (Wildman–Crippen MR) is 99.9 cm³/mol. The van der Waals surface area contributed by atoms with Crippen LogP contribution in [-0.4, -0.2) is 36.9 Å². The minimum atomic E-state index is -3.38. The van der Waals surface area contributed by atoms with E-state index in [0.717, 1.165) is 42.5 Å². The van der Waals surface area contributed by atoms with E-state index in [1.54, 1.807) is 12.1 Å². The summed E-state index contributed by atoms with van der Waals surface area (Å²) in [5.41, 5.74) is 9.25. The van der Waals surface area contributed by atoms with Gasteiger partial charge in [-0.15, -0.1) is 5.10 Å². The molecule has 1 atom stereocenters. The molecule has 1 aliphatic heterocycles. The second-order valence-corrected chi connectivity index (χ2v) is 8.91. The number of rotatable bonds is 2. The number of fused-ring (bicyclic) bond motifs is 2. The molecular weight excluding hydrogens is 352 g/mol. The fourth-order valence-electron chi connectivity index (χ4n) is 4.09. The Morgan fingerprint density at radius 3 is 2.73 bits per heavy atom. The molecule has 2 aliphatic rings. The Hall–Kier alpha value is -2.35. The van der Waals surface area contributed by atoms with Crippen LogP contribution < -0.4 is 10.0 Å². The van der Waals surface area contributed by atoms with Crippen molar-refractivity contribution in [3.8, 4) is 0 Å². The maximum absolute atomic E-state index is 13.3. The van der Waals surface area contributed by atoms with Crippen LogP contribution in [0.4, 0.5) is 11.5 Å². The molecule has 138 valence electrons. The van der Waals surface area contributed by atoms with Gasteiger partial charge in [0.25, 0.3) is 5.91 Å². The van der Waals surface area contributed by atoms with Crippen LogP contribution in [0.5, 0.6) is 0 Å². The van der Waals surface area contributed by atoms with E-state index >= 15 is 0 Å². The number of benzene rings is 1. The van der Waals surface area contributed by atoms with E-state index in [1.807, 2.05) is 12.1 Å². The number of anilines is 2. The Balaban J connectivity index is 1.76. The summed E-state index contributed by atoms with van der Waals surface area (Å²) < 4.78 is 27.0. The van der Waals surface area contributed by atoms with E-state index in [9.17, 15) is 13.2 Å². The fourth-order valence-corrected chi connectivity index (χ4v) is 5.05. The molecule has 0 saturated heterocycles. The van der Waals surface area contributed by atoms with Gasteiger partial charge in [-0.1, -0.05) is 18.2 Å². The first-order valence-electron chi connectivity index (χ1n) is 8.85. The van der Waals surface area contributed by atoms with Crippen molar-refractivity contribution in [1.29, 1.82) is 0 Å². The monoisotopic (exact) mass is 374 g/mol. The van der Waals surface area contributed by atoms with Gasteiger partial charge in [-0.05, 0) is 43.7 Å². The van der Waals surface area contributed by atoms with E-state index in [0.29, 0.717) is 17.9 Å². The largest absolute Gasteiger partial charge is 0.382 e. The van der Waals surface area contributed by atoms with Crippen molar-refractivity contribution in [2.24, 2.45) is 0 Å². The van der Waals surface area contributed by atoms with Crippen molar-refractivity contribution < 1.29 is 13.2 Å². The Morgan fingerprint density at radius 2 is 1.96 bits per heavy atom. The van der Waals surface area contributed by atoms with Crippen molar-refractivity contribution in [1.82, 2.24) is 9.78 Å². The van der Waals surface area contributed by atoms with Crippen molar-refractivity contribution in [2.45, 2.75) is 38.0 Å². The lowest BCUT2D eigenvalue weighted by atomic mass is 9.90.